The summed E-state index contributed by atoms with van der Waals surface area (Å²) in [5.41, 5.74) is 2.98. The fourth-order valence-electron chi connectivity index (χ4n) is 2.34. The number of quaternary nitrogens is 1. The Bertz CT molecular complexity index is 358. The lowest BCUT2D eigenvalue weighted by molar-refractivity contribution is -0.830. The highest BCUT2D eigenvalue weighted by Gasteiger charge is 2.35. The lowest BCUT2D eigenvalue weighted by atomic mass is 10.1. The van der Waals surface area contributed by atoms with Crippen molar-refractivity contribution in [1.29, 1.82) is 0 Å². The maximum Gasteiger partial charge on any atom is 0.314 e. The fourth-order valence-corrected chi connectivity index (χ4v) is 4.00. The molecule has 0 heterocycles. The van der Waals surface area contributed by atoms with Crippen LogP contribution in [0.5, 0.6) is 0 Å². The lowest BCUT2D eigenvalue weighted by Crippen LogP contribution is -2.58. The van der Waals surface area contributed by atoms with Crippen molar-refractivity contribution >= 4 is 10.0 Å². The van der Waals surface area contributed by atoms with Gasteiger partial charge >= 0.3 is 10.0 Å². The number of nitrogens with one attached hydrogen (secondary N) is 1. The first-order valence-electron chi connectivity index (χ1n) is 8.21. The highest BCUT2D eigenvalue weighted by atomic mass is 32.2. The van der Waals surface area contributed by atoms with Crippen molar-refractivity contribution in [2.24, 2.45) is 0 Å². The van der Waals surface area contributed by atoms with Crippen LogP contribution in [0.1, 0.15) is 51.9 Å². The molecule has 128 valence electrons. The van der Waals surface area contributed by atoms with Crippen molar-refractivity contribution in [2.45, 2.75) is 51.9 Å². The average Bonchev–Trinajstić information content (AvgIpc) is 2.41. The van der Waals surface area contributed by atoms with Crippen LogP contribution in [0.25, 0.3) is 0 Å². The first-order chi connectivity index (χ1) is 9.79. The summed E-state index contributed by atoms with van der Waals surface area (Å²) < 4.78 is 25.0. The quantitative estimate of drug-likeness (QED) is 0.321. The van der Waals surface area contributed by atoms with Crippen LogP contribution in [0.3, 0.4) is 0 Å². The molecule has 0 aliphatic heterocycles. The Hall–Kier alpha value is -0.170. The third kappa shape index (κ3) is 8.14. The van der Waals surface area contributed by atoms with Crippen LogP contribution in [0, 0.1) is 0 Å². The zero-order valence-electron chi connectivity index (χ0n) is 14.7. The SMILES string of the molecule is CCCCCCCCS(=O)(=O)[N+](C)(CCCN(C)C)NC. The Morgan fingerprint density at radius 2 is 1.57 bits per heavy atom. The summed E-state index contributed by atoms with van der Waals surface area (Å²) >= 11 is 0. The van der Waals surface area contributed by atoms with E-state index in [0.717, 1.165) is 32.2 Å². The molecule has 0 rings (SSSR count). The Balaban J connectivity index is 4.27. The van der Waals surface area contributed by atoms with Crippen molar-refractivity contribution in [3.63, 3.8) is 0 Å². The van der Waals surface area contributed by atoms with E-state index >= 15 is 0 Å². The molecule has 0 aromatic rings. The van der Waals surface area contributed by atoms with Gasteiger partial charge in [0.2, 0.25) is 0 Å². The minimum absolute atomic E-state index is 0.0597. The predicted octanol–water partition coefficient (Wildman–Crippen LogP) is 2.21. The zero-order chi connectivity index (χ0) is 16.4. The molecule has 0 saturated heterocycles. The molecule has 5 nitrogen and oxygen atoms in total. The number of hydrogen-bond donors (Lipinski definition) is 1. The second kappa shape index (κ2) is 10.5. The summed E-state index contributed by atoms with van der Waals surface area (Å²) in [5, 5.41) is 0. The molecule has 0 spiro atoms. The van der Waals surface area contributed by atoms with E-state index in [9.17, 15) is 8.42 Å². The van der Waals surface area contributed by atoms with Crippen molar-refractivity contribution in [1.82, 2.24) is 10.3 Å². The summed E-state index contributed by atoms with van der Waals surface area (Å²) in [6.07, 6.45) is 7.49. The van der Waals surface area contributed by atoms with Crippen LogP contribution >= 0.6 is 0 Å². The molecule has 0 fully saturated rings. The van der Waals surface area contributed by atoms with E-state index in [1.165, 1.54) is 19.3 Å². The highest BCUT2D eigenvalue weighted by Crippen LogP contribution is 2.14. The van der Waals surface area contributed by atoms with Gasteiger partial charge in [0.25, 0.3) is 0 Å². The Morgan fingerprint density at radius 1 is 1.00 bits per heavy atom. The van der Waals surface area contributed by atoms with E-state index in [-0.39, 0.29) is 9.75 Å². The van der Waals surface area contributed by atoms with Gasteiger partial charge in [0.15, 0.2) is 0 Å². The minimum Gasteiger partial charge on any atom is -0.309 e. The van der Waals surface area contributed by atoms with E-state index in [1.807, 2.05) is 14.1 Å². The molecule has 0 bridgehead atoms. The number of hydrogen-bond acceptors (Lipinski definition) is 4. The van der Waals surface area contributed by atoms with Gasteiger partial charge in [-0.15, -0.1) is 4.00 Å². The fraction of sp³-hybridized carbons (Fsp3) is 1.00. The molecular formula is C15H36N3O2S+. The summed E-state index contributed by atoms with van der Waals surface area (Å²) in [6.45, 7) is 3.70. The van der Waals surface area contributed by atoms with E-state index in [2.05, 4.69) is 17.2 Å². The highest BCUT2D eigenvalue weighted by molar-refractivity contribution is 7.85. The summed E-state index contributed by atoms with van der Waals surface area (Å²) in [7, 11) is 4.36. The zero-order valence-corrected chi connectivity index (χ0v) is 15.5. The standard InChI is InChI=1S/C15H36N3O2S/c1-6-7-8-9-10-11-15-21(19,20)18(5,16-2)14-12-13-17(3)4/h16H,6-15H2,1-5H3/q+1. The topological polar surface area (TPSA) is 49.4 Å². The van der Waals surface area contributed by atoms with Gasteiger partial charge in [-0.05, 0) is 20.5 Å². The van der Waals surface area contributed by atoms with E-state index in [1.54, 1.807) is 14.1 Å². The van der Waals surface area contributed by atoms with Crippen LogP contribution < -0.4 is 5.43 Å². The molecule has 1 atom stereocenters. The molecule has 1 N–H and O–H groups in total. The minimum atomic E-state index is -3.15. The molecule has 0 aliphatic rings. The maximum absolute atomic E-state index is 12.5. The first kappa shape index (κ1) is 20.8. The number of nitrogens with zero attached hydrogens (tertiary/aromatic N) is 2. The molecule has 0 radical (unpaired) electrons. The number of unbranched alkanes of at least 4 members (excludes halogenated alkanes) is 5. The summed E-state index contributed by atoms with van der Waals surface area (Å²) in [6, 6.07) is 0. The maximum atomic E-state index is 12.5. The monoisotopic (exact) mass is 322 g/mol. The largest absolute Gasteiger partial charge is 0.314 e. The summed E-state index contributed by atoms with van der Waals surface area (Å²) in [5.74, 6) is 0.276. The second-order valence-corrected chi connectivity index (χ2v) is 8.64. The molecule has 6 heteroatoms. The van der Waals surface area contributed by atoms with Crippen LogP contribution in [0.15, 0.2) is 0 Å². The molecule has 0 aromatic heterocycles. The van der Waals surface area contributed by atoms with Crippen molar-refractivity contribution in [2.75, 3.05) is 47.0 Å². The summed E-state index contributed by atoms with van der Waals surface area (Å²) in [4.78, 5) is 2.08. The van der Waals surface area contributed by atoms with Gasteiger partial charge in [0, 0.05) is 20.0 Å². The molecule has 0 saturated carbocycles. The second-order valence-electron chi connectivity index (χ2n) is 6.26. The van der Waals surface area contributed by atoms with Gasteiger partial charge in [-0.2, -0.15) is 13.8 Å². The molecule has 0 amide bonds. The van der Waals surface area contributed by atoms with Gasteiger partial charge in [0.05, 0.1) is 0 Å². The molecule has 0 aliphatic carbocycles. The van der Waals surface area contributed by atoms with Crippen LogP contribution in [0.4, 0.5) is 0 Å². The van der Waals surface area contributed by atoms with Gasteiger partial charge in [0.1, 0.15) is 19.3 Å². The third-order valence-electron chi connectivity index (χ3n) is 4.03. The molecule has 0 aromatic carbocycles. The average molecular weight is 323 g/mol. The van der Waals surface area contributed by atoms with Crippen LogP contribution in [-0.4, -0.2) is 64.3 Å². The van der Waals surface area contributed by atoms with E-state index < -0.39 is 10.0 Å². The molecule has 21 heavy (non-hydrogen) atoms. The third-order valence-corrected chi connectivity index (χ3v) is 6.43. The predicted molar refractivity (Wildman–Crippen MR) is 90.4 cm³/mol. The molecule has 1 unspecified atom stereocenters. The first-order valence-corrected chi connectivity index (χ1v) is 9.82. The number of rotatable bonds is 13. The van der Waals surface area contributed by atoms with E-state index in [4.69, 9.17) is 0 Å². The van der Waals surface area contributed by atoms with Crippen LogP contribution in [0.2, 0.25) is 0 Å². The lowest BCUT2D eigenvalue weighted by Gasteiger charge is -2.31. The smallest absolute Gasteiger partial charge is 0.309 e. The number of sulfonamides is 1. The van der Waals surface area contributed by atoms with Crippen molar-refractivity contribution in [3.8, 4) is 0 Å². The van der Waals surface area contributed by atoms with E-state index in [0.29, 0.717) is 6.54 Å². The van der Waals surface area contributed by atoms with Gasteiger partial charge in [-0.25, -0.2) is 0 Å². The Kier molecular flexibility index (Phi) is 10.5. The van der Waals surface area contributed by atoms with Gasteiger partial charge in [-0.3, -0.25) is 0 Å². The molecular weight excluding hydrogens is 286 g/mol. The normalized spacial score (nSPS) is 15.3. The van der Waals surface area contributed by atoms with Crippen LogP contribution in [-0.2, 0) is 10.0 Å². The van der Waals surface area contributed by atoms with Gasteiger partial charge in [-0.1, -0.05) is 39.0 Å². The van der Waals surface area contributed by atoms with Gasteiger partial charge < -0.3 is 4.90 Å². The Morgan fingerprint density at radius 3 is 2.10 bits per heavy atom. The Labute approximate surface area is 132 Å². The van der Waals surface area contributed by atoms with Crippen molar-refractivity contribution in [3.05, 3.63) is 0 Å². The van der Waals surface area contributed by atoms with Crippen molar-refractivity contribution < 1.29 is 12.4 Å².